The fraction of sp³-hybridized carbons (Fsp3) is 0.594. The van der Waals surface area contributed by atoms with Crippen LogP contribution in [0, 0.1) is 0 Å². The van der Waals surface area contributed by atoms with Gasteiger partial charge in [-0.05, 0) is 106 Å². The van der Waals surface area contributed by atoms with Crippen LogP contribution < -0.4 is 5.32 Å². The molecular weight excluding hydrogens is 446 g/mol. The molecule has 0 aliphatic rings. The van der Waals surface area contributed by atoms with E-state index in [4.69, 9.17) is 10.2 Å². The average Bonchev–Trinajstić information content (AvgIpc) is 2.82. The topological polar surface area (TPSA) is 69.6 Å². The van der Waals surface area contributed by atoms with Crippen LogP contribution >= 0.6 is 0 Å². The molecule has 0 aliphatic heterocycles. The summed E-state index contributed by atoms with van der Waals surface area (Å²) in [4.78, 5) is 11.8. The van der Waals surface area contributed by atoms with Gasteiger partial charge < -0.3 is 15.5 Å². The molecule has 0 unspecified atom stereocenters. The van der Waals surface area contributed by atoms with Crippen LogP contribution in [0.3, 0.4) is 0 Å². The molecular formula is C32H53NO3. The lowest BCUT2D eigenvalue weighted by Crippen LogP contribution is -2.26. The van der Waals surface area contributed by atoms with Gasteiger partial charge >= 0.3 is 0 Å². The Morgan fingerprint density at radius 2 is 0.889 bits per heavy atom. The number of hydrogen-bond acceptors (Lipinski definition) is 3. The van der Waals surface area contributed by atoms with E-state index in [0.29, 0.717) is 12.1 Å². The number of aliphatic hydroxyl groups excluding tert-OH is 2. The third-order valence-corrected chi connectivity index (χ3v) is 6.31. The zero-order chi connectivity index (χ0) is 27.2. The summed E-state index contributed by atoms with van der Waals surface area (Å²) in [6.45, 7) is 13.1. The van der Waals surface area contributed by atoms with Gasteiger partial charge in [0, 0.05) is 12.1 Å². The van der Waals surface area contributed by atoms with Crippen molar-refractivity contribution < 1.29 is 15.0 Å². The standard InChI is InChI=1S/C32H53NO3/c1-26(14-8-15-28(3)18-10-19-30(5)22-24-34)12-7-13-27(2)16-9-17-29(4)20-11-21-31(6)32(36)33-23-25-35/h13-14,17-18,21-22,34-35H,7-12,15-16,19-20,23-25H2,1-6H3,(H,33,36). The molecule has 0 bridgehead atoms. The smallest absolute Gasteiger partial charge is 0.246 e. The second kappa shape index (κ2) is 22.1. The minimum Gasteiger partial charge on any atom is -0.395 e. The Morgan fingerprint density at radius 1 is 0.556 bits per heavy atom. The molecule has 0 aliphatic carbocycles. The van der Waals surface area contributed by atoms with Gasteiger partial charge in [-0.25, -0.2) is 0 Å². The number of allylic oxidation sites excluding steroid dienone is 10. The van der Waals surface area contributed by atoms with Gasteiger partial charge in [0.1, 0.15) is 0 Å². The largest absolute Gasteiger partial charge is 0.395 e. The highest BCUT2D eigenvalue weighted by Crippen LogP contribution is 2.15. The minimum absolute atomic E-state index is 0.0327. The van der Waals surface area contributed by atoms with Crippen LogP contribution in [0.25, 0.3) is 0 Å². The van der Waals surface area contributed by atoms with Gasteiger partial charge in [0.05, 0.1) is 13.2 Å². The predicted octanol–water partition coefficient (Wildman–Crippen LogP) is 7.67. The first-order valence-corrected chi connectivity index (χ1v) is 13.6. The maximum absolute atomic E-state index is 11.8. The molecule has 0 rings (SSSR count). The molecule has 0 radical (unpaired) electrons. The van der Waals surface area contributed by atoms with E-state index in [1.54, 1.807) is 0 Å². The van der Waals surface area contributed by atoms with E-state index in [2.05, 4.69) is 64.2 Å². The molecule has 0 fully saturated rings. The van der Waals surface area contributed by atoms with Crippen molar-refractivity contribution in [1.82, 2.24) is 5.32 Å². The number of nitrogens with one attached hydrogen (secondary N) is 1. The van der Waals surface area contributed by atoms with E-state index < -0.39 is 0 Å². The first kappa shape index (κ1) is 33.8. The molecule has 4 nitrogen and oxygen atoms in total. The molecule has 204 valence electrons. The Bertz CT molecular complexity index is 809. The molecule has 4 heteroatoms. The Labute approximate surface area is 221 Å². The van der Waals surface area contributed by atoms with Gasteiger partial charge in [0.25, 0.3) is 0 Å². The summed E-state index contributed by atoms with van der Waals surface area (Å²) in [6.07, 6.45) is 23.8. The van der Waals surface area contributed by atoms with Crippen LogP contribution in [0.15, 0.2) is 69.9 Å². The number of rotatable bonds is 19. The molecule has 0 aromatic heterocycles. The molecule has 0 spiro atoms. The lowest BCUT2D eigenvalue weighted by Gasteiger charge is -2.04. The molecule has 3 N–H and O–H groups in total. The number of carbonyl (C=O) groups excluding carboxylic acids is 1. The van der Waals surface area contributed by atoms with E-state index in [-0.39, 0.29) is 19.1 Å². The number of aliphatic hydroxyl groups is 2. The Hall–Kier alpha value is -2.17. The maximum Gasteiger partial charge on any atom is 0.246 e. The van der Waals surface area contributed by atoms with Crippen LogP contribution in [0.4, 0.5) is 0 Å². The van der Waals surface area contributed by atoms with Gasteiger partial charge in [0.15, 0.2) is 0 Å². The van der Waals surface area contributed by atoms with Crippen LogP contribution in [-0.2, 0) is 4.79 Å². The minimum atomic E-state index is -0.0994. The van der Waals surface area contributed by atoms with E-state index in [0.717, 1.165) is 64.2 Å². The summed E-state index contributed by atoms with van der Waals surface area (Å²) in [7, 11) is 0. The summed E-state index contributed by atoms with van der Waals surface area (Å²) >= 11 is 0. The second-order valence-electron chi connectivity index (χ2n) is 9.99. The highest BCUT2D eigenvalue weighted by atomic mass is 16.3. The maximum atomic E-state index is 11.8. The lowest BCUT2D eigenvalue weighted by molar-refractivity contribution is -0.117. The average molecular weight is 500 g/mol. The van der Waals surface area contributed by atoms with E-state index in [1.807, 2.05) is 19.1 Å². The fourth-order valence-electron chi connectivity index (χ4n) is 3.77. The zero-order valence-corrected chi connectivity index (χ0v) is 24.0. The lowest BCUT2D eigenvalue weighted by atomic mass is 10.0. The summed E-state index contributed by atoms with van der Waals surface area (Å²) in [6, 6.07) is 0. The predicted molar refractivity (Wildman–Crippen MR) is 156 cm³/mol. The Kier molecular flexibility index (Phi) is 20.7. The van der Waals surface area contributed by atoms with Crippen LogP contribution in [0.2, 0.25) is 0 Å². The van der Waals surface area contributed by atoms with Gasteiger partial charge in [-0.3, -0.25) is 4.79 Å². The second-order valence-corrected chi connectivity index (χ2v) is 9.99. The highest BCUT2D eigenvalue weighted by Gasteiger charge is 2.02. The molecule has 1 amide bonds. The van der Waals surface area contributed by atoms with Crippen LogP contribution in [0.1, 0.15) is 106 Å². The molecule has 0 aromatic rings. The van der Waals surface area contributed by atoms with Gasteiger partial charge in [-0.15, -0.1) is 0 Å². The molecule has 0 saturated carbocycles. The van der Waals surface area contributed by atoms with Crippen molar-refractivity contribution in [3.63, 3.8) is 0 Å². The van der Waals surface area contributed by atoms with Gasteiger partial charge in [0.2, 0.25) is 5.91 Å². The molecule has 0 aromatic carbocycles. The van der Waals surface area contributed by atoms with Crippen LogP contribution in [0.5, 0.6) is 0 Å². The number of carbonyl (C=O) groups is 1. The normalized spacial score (nSPS) is 14.4. The monoisotopic (exact) mass is 499 g/mol. The van der Waals surface area contributed by atoms with Crippen LogP contribution in [-0.4, -0.2) is 35.9 Å². The van der Waals surface area contributed by atoms with E-state index in [1.165, 1.54) is 27.9 Å². The third kappa shape index (κ3) is 20.1. The van der Waals surface area contributed by atoms with E-state index in [9.17, 15) is 4.79 Å². The van der Waals surface area contributed by atoms with Gasteiger partial charge in [-0.2, -0.15) is 0 Å². The highest BCUT2D eigenvalue weighted by molar-refractivity contribution is 5.92. The molecule has 0 heterocycles. The van der Waals surface area contributed by atoms with E-state index >= 15 is 0 Å². The number of hydrogen-bond donors (Lipinski definition) is 3. The van der Waals surface area contributed by atoms with Crippen molar-refractivity contribution in [2.45, 2.75) is 106 Å². The molecule has 0 saturated heterocycles. The summed E-state index contributed by atoms with van der Waals surface area (Å²) in [5.41, 5.74) is 7.70. The van der Waals surface area contributed by atoms with Crippen molar-refractivity contribution >= 4 is 5.91 Å². The summed E-state index contributed by atoms with van der Waals surface area (Å²) < 4.78 is 0. The van der Waals surface area contributed by atoms with Crippen molar-refractivity contribution in [2.75, 3.05) is 19.8 Å². The SMILES string of the molecule is CC(=CCO)CCC=C(C)CCC=C(C)CCC=C(C)CCC=C(C)CCC=C(C)C(=O)NCCO. The first-order chi connectivity index (χ1) is 17.2. The van der Waals surface area contributed by atoms with Crippen molar-refractivity contribution in [3.8, 4) is 0 Å². The summed E-state index contributed by atoms with van der Waals surface area (Å²) in [5, 5.41) is 20.4. The fourth-order valence-corrected chi connectivity index (χ4v) is 3.77. The molecule has 36 heavy (non-hydrogen) atoms. The van der Waals surface area contributed by atoms with Gasteiger partial charge in [-0.1, -0.05) is 64.3 Å². The quantitative estimate of drug-likeness (QED) is 0.126. The Morgan fingerprint density at radius 3 is 1.22 bits per heavy atom. The van der Waals surface area contributed by atoms with Crippen molar-refractivity contribution in [2.24, 2.45) is 0 Å². The van der Waals surface area contributed by atoms with Crippen molar-refractivity contribution in [3.05, 3.63) is 69.9 Å². The Balaban J connectivity index is 4.18. The first-order valence-electron chi connectivity index (χ1n) is 13.6. The molecule has 0 atom stereocenters. The zero-order valence-electron chi connectivity index (χ0n) is 24.0. The number of amides is 1. The summed E-state index contributed by atoms with van der Waals surface area (Å²) in [5.74, 6) is -0.0994. The van der Waals surface area contributed by atoms with Crippen molar-refractivity contribution in [1.29, 1.82) is 0 Å². The third-order valence-electron chi connectivity index (χ3n) is 6.31.